The van der Waals surface area contributed by atoms with E-state index in [0.29, 0.717) is 0 Å². The fourth-order valence-corrected chi connectivity index (χ4v) is 2.00. The van der Waals surface area contributed by atoms with Crippen molar-refractivity contribution in [2.24, 2.45) is 0 Å². The van der Waals surface area contributed by atoms with E-state index < -0.39 is 0 Å². The lowest BCUT2D eigenvalue weighted by molar-refractivity contribution is 0.251. The quantitative estimate of drug-likeness (QED) is 0.747. The maximum Gasteiger partial charge on any atom is 0.0581 e. The molecule has 0 amide bonds. The molecule has 0 radical (unpaired) electrons. The summed E-state index contributed by atoms with van der Waals surface area (Å²) in [6.07, 6.45) is 3.21. The number of rotatable bonds is 6. The molecule has 0 aliphatic heterocycles. The van der Waals surface area contributed by atoms with Crippen LogP contribution in [0.15, 0.2) is 36.5 Å². The van der Waals surface area contributed by atoms with E-state index in [-0.39, 0.29) is 12.6 Å². The maximum atomic E-state index is 8.89. The molecular weight excluding hydrogens is 212 g/mol. The number of hydrogen-bond acceptors (Lipinski definition) is 2. The van der Waals surface area contributed by atoms with Crippen LogP contribution in [0.1, 0.15) is 13.3 Å². The molecule has 0 bridgehead atoms. The van der Waals surface area contributed by atoms with E-state index in [4.69, 9.17) is 5.11 Å². The van der Waals surface area contributed by atoms with Crippen molar-refractivity contribution in [1.82, 2.24) is 9.88 Å². The number of aliphatic hydroxyl groups is 1. The van der Waals surface area contributed by atoms with Crippen molar-refractivity contribution >= 4 is 10.9 Å². The Kier molecular flexibility index (Phi) is 4.18. The van der Waals surface area contributed by atoms with Gasteiger partial charge in [0.25, 0.3) is 0 Å². The summed E-state index contributed by atoms with van der Waals surface area (Å²) in [6, 6.07) is 10.8. The van der Waals surface area contributed by atoms with Gasteiger partial charge in [0.15, 0.2) is 0 Å². The van der Waals surface area contributed by atoms with Gasteiger partial charge in [0.2, 0.25) is 0 Å². The van der Waals surface area contributed by atoms with Crippen molar-refractivity contribution in [3.63, 3.8) is 0 Å². The Morgan fingerprint density at radius 3 is 2.94 bits per heavy atom. The van der Waals surface area contributed by atoms with E-state index in [1.165, 1.54) is 10.9 Å². The third-order valence-electron chi connectivity index (χ3n) is 3.02. The van der Waals surface area contributed by atoms with Gasteiger partial charge in [0, 0.05) is 24.3 Å². The zero-order valence-electron chi connectivity index (χ0n) is 10.3. The Balaban J connectivity index is 1.87. The normalized spacial score (nSPS) is 13.1. The van der Waals surface area contributed by atoms with Crippen LogP contribution in [0.2, 0.25) is 0 Å². The zero-order chi connectivity index (χ0) is 12.1. The van der Waals surface area contributed by atoms with Crippen LogP contribution in [0.4, 0.5) is 0 Å². The first-order valence-corrected chi connectivity index (χ1v) is 6.19. The summed E-state index contributed by atoms with van der Waals surface area (Å²) in [6.45, 7) is 4.14. The minimum atomic E-state index is 0.191. The number of aryl methyl sites for hydroxylation is 1. The Hall–Kier alpha value is -1.32. The van der Waals surface area contributed by atoms with E-state index in [1.807, 2.05) is 6.92 Å². The second-order valence-electron chi connectivity index (χ2n) is 4.46. The van der Waals surface area contributed by atoms with Crippen molar-refractivity contribution in [1.29, 1.82) is 0 Å². The molecule has 2 N–H and O–H groups in total. The number of fused-ring (bicyclic) bond motifs is 1. The molecule has 0 aliphatic rings. The van der Waals surface area contributed by atoms with E-state index in [2.05, 4.69) is 46.4 Å². The van der Waals surface area contributed by atoms with Gasteiger partial charge in [-0.15, -0.1) is 0 Å². The van der Waals surface area contributed by atoms with Crippen LogP contribution in [0, 0.1) is 0 Å². The second-order valence-corrected chi connectivity index (χ2v) is 4.46. The number of nitrogens with one attached hydrogen (secondary N) is 1. The molecule has 2 rings (SSSR count). The van der Waals surface area contributed by atoms with E-state index in [0.717, 1.165) is 19.5 Å². The second kappa shape index (κ2) is 5.84. The molecule has 0 fully saturated rings. The minimum Gasteiger partial charge on any atom is -0.395 e. The van der Waals surface area contributed by atoms with Gasteiger partial charge in [-0.25, -0.2) is 0 Å². The summed E-state index contributed by atoms with van der Waals surface area (Å²) in [5, 5.41) is 13.5. The van der Waals surface area contributed by atoms with Crippen molar-refractivity contribution in [2.75, 3.05) is 13.2 Å². The first-order chi connectivity index (χ1) is 8.31. The molecule has 2 aromatic rings. The third-order valence-corrected chi connectivity index (χ3v) is 3.02. The summed E-state index contributed by atoms with van der Waals surface area (Å²) in [5.74, 6) is 0. The summed E-state index contributed by atoms with van der Waals surface area (Å²) in [5.41, 5.74) is 1.29. The predicted octanol–water partition coefficient (Wildman–Crippen LogP) is 2.00. The molecule has 3 nitrogen and oxygen atoms in total. The van der Waals surface area contributed by atoms with Crippen LogP contribution in [-0.2, 0) is 6.54 Å². The highest BCUT2D eigenvalue weighted by Crippen LogP contribution is 2.15. The summed E-state index contributed by atoms with van der Waals surface area (Å²) in [4.78, 5) is 0. The van der Waals surface area contributed by atoms with Gasteiger partial charge >= 0.3 is 0 Å². The lowest BCUT2D eigenvalue weighted by Crippen LogP contribution is -2.30. The van der Waals surface area contributed by atoms with E-state index in [9.17, 15) is 0 Å². The molecule has 0 saturated heterocycles. The standard InChI is InChI=1S/C14H20N2O/c1-12(11-17)15-8-4-9-16-10-7-13-5-2-3-6-14(13)16/h2-3,5-7,10,12,15,17H,4,8-9,11H2,1H3. The summed E-state index contributed by atoms with van der Waals surface area (Å²) >= 11 is 0. The number of aromatic nitrogens is 1. The van der Waals surface area contributed by atoms with Gasteiger partial charge in [-0.1, -0.05) is 18.2 Å². The summed E-state index contributed by atoms with van der Waals surface area (Å²) in [7, 11) is 0. The average molecular weight is 232 g/mol. The first kappa shape index (κ1) is 12.1. The highest BCUT2D eigenvalue weighted by molar-refractivity contribution is 5.79. The monoisotopic (exact) mass is 232 g/mol. The van der Waals surface area contributed by atoms with E-state index >= 15 is 0 Å². The van der Waals surface area contributed by atoms with Crippen LogP contribution in [0.5, 0.6) is 0 Å². The number of aliphatic hydroxyl groups excluding tert-OH is 1. The van der Waals surface area contributed by atoms with Gasteiger partial charge in [0.05, 0.1) is 6.61 Å². The van der Waals surface area contributed by atoms with Crippen LogP contribution in [-0.4, -0.2) is 28.9 Å². The number of benzene rings is 1. The number of hydrogen-bond donors (Lipinski definition) is 2. The zero-order valence-corrected chi connectivity index (χ0v) is 10.3. The van der Waals surface area contributed by atoms with Crippen LogP contribution >= 0.6 is 0 Å². The molecule has 92 valence electrons. The fourth-order valence-electron chi connectivity index (χ4n) is 2.00. The fraction of sp³-hybridized carbons (Fsp3) is 0.429. The summed E-state index contributed by atoms with van der Waals surface area (Å²) < 4.78 is 2.28. The molecule has 0 saturated carbocycles. The average Bonchev–Trinajstić information content (AvgIpc) is 2.78. The lowest BCUT2D eigenvalue weighted by atomic mass is 10.2. The van der Waals surface area contributed by atoms with Gasteiger partial charge < -0.3 is 15.0 Å². The number of nitrogens with zero attached hydrogens (tertiary/aromatic N) is 1. The largest absolute Gasteiger partial charge is 0.395 e. The SMILES string of the molecule is CC(CO)NCCCn1ccc2ccccc21. The predicted molar refractivity (Wildman–Crippen MR) is 71.1 cm³/mol. The number of para-hydroxylation sites is 1. The molecule has 17 heavy (non-hydrogen) atoms. The Labute approximate surface area is 102 Å². The molecule has 1 aromatic heterocycles. The first-order valence-electron chi connectivity index (χ1n) is 6.19. The maximum absolute atomic E-state index is 8.89. The minimum absolute atomic E-state index is 0.191. The highest BCUT2D eigenvalue weighted by Gasteiger charge is 2.00. The molecule has 1 heterocycles. The molecule has 3 heteroatoms. The molecule has 0 spiro atoms. The third kappa shape index (κ3) is 3.08. The molecule has 1 aromatic carbocycles. The molecule has 0 aliphatic carbocycles. The Morgan fingerprint density at radius 1 is 1.29 bits per heavy atom. The lowest BCUT2D eigenvalue weighted by Gasteiger charge is -2.11. The van der Waals surface area contributed by atoms with Crippen LogP contribution in [0.25, 0.3) is 10.9 Å². The van der Waals surface area contributed by atoms with Gasteiger partial charge in [-0.05, 0) is 37.4 Å². The van der Waals surface area contributed by atoms with Crippen LogP contribution in [0.3, 0.4) is 0 Å². The Morgan fingerprint density at radius 2 is 2.12 bits per heavy atom. The molecule has 1 atom stereocenters. The molecular formula is C14H20N2O. The van der Waals surface area contributed by atoms with Crippen molar-refractivity contribution in [3.05, 3.63) is 36.5 Å². The Bertz CT molecular complexity index is 464. The van der Waals surface area contributed by atoms with Gasteiger partial charge in [0.1, 0.15) is 0 Å². The van der Waals surface area contributed by atoms with Crippen molar-refractivity contribution < 1.29 is 5.11 Å². The van der Waals surface area contributed by atoms with Gasteiger partial charge in [-0.2, -0.15) is 0 Å². The van der Waals surface area contributed by atoms with Crippen molar-refractivity contribution in [3.8, 4) is 0 Å². The smallest absolute Gasteiger partial charge is 0.0581 e. The van der Waals surface area contributed by atoms with Crippen LogP contribution < -0.4 is 5.32 Å². The highest BCUT2D eigenvalue weighted by atomic mass is 16.3. The van der Waals surface area contributed by atoms with Gasteiger partial charge in [-0.3, -0.25) is 0 Å². The topological polar surface area (TPSA) is 37.2 Å². The van der Waals surface area contributed by atoms with Crippen molar-refractivity contribution in [2.45, 2.75) is 25.9 Å². The van der Waals surface area contributed by atoms with E-state index in [1.54, 1.807) is 0 Å². The molecule has 1 unspecified atom stereocenters.